The van der Waals surface area contributed by atoms with Crippen LogP contribution in [0, 0.1) is 11.6 Å². The second-order valence-corrected chi connectivity index (χ2v) is 7.61. The molecule has 0 aliphatic rings. The molecular formula is C23H23ClF2N4O3. The number of carbonyl (C=O) groups is 2. The van der Waals surface area contributed by atoms with Crippen LogP contribution in [0.2, 0.25) is 0 Å². The van der Waals surface area contributed by atoms with Gasteiger partial charge in [-0.2, -0.15) is 0 Å². The van der Waals surface area contributed by atoms with Crippen molar-refractivity contribution in [2.24, 2.45) is 5.73 Å². The third kappa shape index (κ3) is 5.15. The number of hydrogen-bond acceptors (Lipinski definition) is 4. The van der Waals surface area contributed by atoms with Crippen LogP contribution in [-0.2, 0) is 27.2 Å². The molecule has 174 valence electrons. The lowest BCUT2D eigenvalue weighted by Gasteiger charge is -2.19. The van der Waals surface area contributed by atoms with E-state index >= 15 is 0 Å². The minimum absolute atomic E-state index is 0. The summed E-state index contributed by atoms with van der Waals surface area (Å²) in [6.07, 6.45) is 3.57. The number of halogens is 3. The molecule has 0 aliphatic carbocycles. The Balaban J connectivity index is 0.00000306. The maximum Gasteiger partial charge on any atom is 0.328 e. The van der Waals surface area contributed by atoms with Gasteiger partial charge in [0.2, 0.25) is 5.91 Å². The zero-order valence-corrected chi connectivity index (χ0v) is 18.5. The predicted molar refractivity (Wildman–Crippen MR) is 123 cm³/mol. The first kappa shape index (κ1) is 24.2. The molecule has 0 aliphatic heterocycles. The van der Waals surface area contributed by atoms with Crippen LogP contribution in [0.3, 0.4) is 0 Å². The van der Waals surface area contributed by atoms with Gasteiger partial charge in [0.1, 0.15) is 17.7 Å². The van der Waals surface area contributed by atoms with Gasteiger partial charge >= 0.3 is 5.97 Å². The summed E-state index contributed by atoms with van der Waals surface area (Å²) in [4.78, 5) is 31.1. The van der Waals surface area contributed by atoms with Gasteiger partial charge in [-0.1, -0.05) is 0 Å². The van der Waals surface area contributed by atoms with Crippen LogP contribution < -0.4 is 11.1 Å². The zero-order chi connectivity index (χ0) is 22.8. The number of methoxy groups -OCH3 is 1. The van der Waals surface area contributed by atoms with Crippen molar-refractivity contribution >= 4 is 46.1 Å². The second kappa shape index (κ2) is 10.0. The van der Waals surface area contributed by atoms with Crippen LogP contribution >= 0.6 is 12.4 Å². The van der Waals surface area contributed by atoms with Gasteiger partial charge in [0, 0.05) is 40.6 Å². The zero-order valence-electron chi connectivity index (χ0n) is 17.7. The Labute approximate surface area is 194 Å². The minimum Gasteiger partial charge on any atom is -0.467 e. The van der Waals surface area contributed by atoms with Crippen LogP contribution in [0.4, 0.5) is 8.78 Å². The fourth-order valence-corrected chi connectivity index (χ4v) is 3.80. The third-order valence-electron chi connectivity index (χ3n) is 5.46. The molecule has 4 rings (SSSR count). The van der Waals surface area contributed by atoms with Gasteiger partial charge in [0.15, 0.2) is 0 Å². The molecule has 0 bridgehead atoms. The van der Waals surface area contributed by atoms with E-state index in [0.29, 0.717) is 27.4 Å². The highest BCUT2D eigenvalue weighted by atomic mass is 35.5. The summed E-state index contributed by atoms with van der Waals surface area (Å²) in [5.74, 6) is -2.01. The number of aromatic amines is 2. The van der Waals surface area contributed by atoms with Gasteiger partial charge in [-0.15, -0.1) is 12.4 Å². The quantitative estimate of drug-likeness (QED) is 0.307. The number of benzene rings is 2. The molecule has 2 aromatic heterocycles. The lowest BCUT2D eigenvalue weighted by atomic mass is 10.0. The molecule has 0 spiro atoms. The minimum atomic E-state index is -1.01. The number of amides is 1. The van der Waals surface area contributed by atoms with Gasteiger partial charge in [-0.25, -0.2) is 13.6 Å². The van der Waals surface area contributed by atoms with Crippen molar-refractivity contribution in [3.8, 4) is 0 Å². The highest BCUT2D eigenvalue weighted by molar-refractivity contribution is 5.90. The summed E-state index contributed by atoms with van der Waals surface area (Å²) >= 11 is 0. The van der Waals surface area contributed by atoms with Crippen LogP contribution in [0.5, 0.6) is 0 Å². The summed E-state index contributed by atoms with van der Waals surface area (Å²) < 4.78 is 32.1. The Hall–Kier alpha value is -3.43. The molecule has 0 radical (unpaired) electrons. The molecule has 0 saturated heterocycles. The Morgan fingerprint density at radius 3 is 2.00 bits per heavy atom. The first-order valence-corrected chi connectivity index (χ1v) is 10.0. The number of nitrogens with two attached hydrogens (primary N) is 1. The number of fused-ring (bicyclic) bond motifs is 2. The summed E-state index contributed by atoms with van der Waals surface area (Å²) in [5, 5.41) is 3.87. The summed E-state index contributed by atoms with van der Waals surface area (Å²) in [5.41, 5.74) is 8.85. The average Bonchev–Trinajstić information content (AvgIpc) is 3.36. The topological polar surface area (TPSA) is 113 Å². The normalized spacial score (nSPS) is 12.8. The number of ether oxygens (including phenoxy) is 1. The average molecular weight is 477 g/mol. The number of nitrogens with one attached hydrogen (secondary N) is 3. The fraction of sp³-hybridized carbons (Fsp3) is 0.217. The van der Waals surface area contributed by atoms with E-state index < -0.39 is 35.6 Å². The molecule has 5 N–H and O–H groups in total. The molecule has 4 aromatic rings. The predicted octanol–water partition coefficient (Wildman–Crippen LogP) is 3.12. The van der Waals surface area contributed by atoms with Crippen molar-refractivity contribution in [3.63, 3.8) is 0 Å². The second-order valence-electron chi connectivity index (χ2n) is 7.61. The van der Waals surface area contributed by atoms with E-state index in [1.54, 1.807) is 24.5 Å². The smallest absolute Gasteiger partial charge is 0.328 e. The van der Waals surface area contributed by atoms with E-state index in [1.165, 1.54) is 31.4 Å². The Morgan fingerprint density at radius 2 is 1.48 bits per heavy atom. The van der Waals surface area contributed by atoms with E-state index in [9.17, 15) is 18.4 Å². The molecule has 33 heavy (non-hydrogen) atoms. The number of aromatic nitrogens is 2. The van der Waals surface area contributed by atoms with Crippen LogP contribution in [0.1, 0.15) is 11.1 Å². The van der Waals surface area contributed by atoms with Crippen molar-refractivity contribution in [2.75, 3.05) is 7.11 Å². The number of hydrogen-bond donors (Lipinski definition) is 4. The van der Waals surface area contributed by atoms with Gasteiger partial charge < -0.3 is 25.8 Å². The molecule has 2 unspecified atom stereocenters. The molecule has 10 heteroatoms. The lowest BCUT2D eigenvalue weighted by Crippen LogP contribution is -2.50. The highest BCUT2D eigenvalue weighted by Gasteiger charge is 2.26. The lowest BCUT2D eigenvalue weighted by molar-refractivity contribution is -0.145. The molecule has 1 amide bonds. The van der Waals surface area contributed by atoms with Gasteiger partial charge in [-0.05, 0) is 53.9 Å². The van der Waals surface area contributed by atoms with E-state index in [2.05, 4.69) is 15.3 Å². The van der Waals surface area contributed by atoms with E-state index in [1.807, 2.05) is 0 Å². The molecule has 0 fully saturated rings. The van der Waals surface area contributed by atoms with Crippen LogP contribution in [0.15, 0.2) is 48.8 Å². The molecule has 0 saturated carbocycles. The molecule has 2 atom stereocenters. The molecule has 7 nitrogen and oxygen atoms in total. The Kier molecular flexibility index (Phi) is 7.35. The summed E-state index contributed by atoms with van der Waals surface area (Å²) in [6.45, 7) is 0. The van der Waals surface area contributed by atoms with Gasteiger partial charge in [0.05, 0.1) is 13.2 Å². The first-order chi connectivity index (χ1) is 15.4. The van der Waals surface area contributed by atoms with Crippen molar-refractivity contribution < 1.29 is 23.1 Å². The summed E-state index contributed by atoms with van der Waals surface area (Å²) in [7, 11) is 1.22. The molecular weight excluding hydrogens is 454 g/mol. The number of esters is 1. The summed E-state index contributed by atoms with van der Waals surface area (Å²) in [6, 6.07) is 6.62. The van der Waals surface area contributed by atoms with E-state index in [-0.39, 0.29) is 25.2 Å². The molecule has 2 aromatic carbocycles. The van der Waals surface area contributed by atoms with Gasteiger partial charge in [0.25, 0.3) is 0 Å². The van der Waals surface area contributed by atoms with Crippen molar-refractivity contribution in [2.45, 2.75) is 24.9 Å². The van der Waals surface area contributed by atoms with Crippen molar-refractivity contribution in [3.05, 3.63) is 71.6 Å². The maximum absolute atomic E-state index is 13.7. The third-order valence-corrected chi connectivity index (χ3v) is 5.46. The van der Waals surface area contributed by atoms with Crippen molar-refractivity contribution in [1.82, 2.24) is 15.3 Å². The van der Waals surface area contributed by atoms with Crippen molar-refractivity contribution in [1.29, 1.82) is 0 Å². The van der Waals surface area contributed by atoms with E-state index in [0.717, 1.165) is 5.52 Å². The Bertz CT molecular complexity index is 1300. The highest BCUT2D eigenvalue weighted by Crippen LogP contribution is 2.22. The Morgan fingerprint density at radius 1 is 0.970 bits per heavy atom. The van der Waals surface area contributed by atoms with Crippen LogP contribution in [0.25, 0.3) is 21.8 Å². The van der Waals surface area contributed by atoms with E-state index in [4.69, 9.17) is 10.5 Å². The number of H-pyrrole nitrogens is 2. The van der Waals surface area contributed by atoms with Gasteiger partial charge in [-0.3, -0.25) is 4.79 Å². The number of carbonyl (C=O) groups excluding carboxylic acids is 2. The number of rotatable bonds is 7. The largest absolute Gasteiger partial charge is 0.467 e. The SMILES string of the molecule is COC(=O)C(Cc1c[nH]c2ccc(F)cc12)NC(=O)C(N)Cc1c[nH]c2ccc(F)cc12.Cl. The van der Waals surface area contributed by atoms with Crippen LogP contribution in [-0.4, -0.2) is 41.0 Å². The standard InChI is InChI=1S/C23H22F2N4O3.ClH/c1-32-23(31)21(7-13-11-28-20-5-3-15(25)9-17(13)20)29-22(30)18(26)6-12-10-27-19-4-2-14(24)8-16(12)19;/h2-5,8-11,18,21,27-28H,6-7,26H2,1H3,(H,29,30);1H. The molecule has 2 heterocycles. The monoisotopic (exact) mass is 476 g/mol. The first-order valence-electron chi connectivity index (χ1n) is 10.0. The maximum atomic E-state index is 13.7. The fourth-order valence-electron chi connectivity index (χ4n) is 3.80.